The van der Waals surface area contributed by atoms with Gasteiger partial charge in [-0.1, -0.05) is 20.8 Å². The predicted octanol–water partition coefficient (Wildman–Crippen LogP) is 1.73. The molecule has 1 aliphatic heterocycles. The number of nitrogens with zero attached hydrogens (tertiary/aromatic N) is 1. The Morgan fingerprint density at radius 1 is 1.44 bits per heavy atom. The Morgan fingerprint density at radius 3 is 2.94 bits per heavy atom. The lowest BCUT2D eigenvalue weighted by Gasteiger charge is -2.33. The van der Waals surface area contributed by atoms with Crippen LogP contribution in [0.15, 0.2) is 0 Å². The van der Waals surface area contributed by atoms with Gasteiger partial charge in [0.05, 0.1) is 12.7 Å². The SMILES string of the molecule is CCNC[C@H]1CN(CCCC(C)C)CCO1. The molecule has 0 aromatic carbocycles. The fraction of sp³-hybridized carbons (Fsp3) is 1.00. The zero-order valence-corrected chi connectivity index (χ0v) is 11.2. The standard InChI is InChI=1S/C13H28N2O/c1-4-14-10-13-11-15(8-9-16-13)7-5-6-12(2)3/h12-14H,4-11H2,1-3H3/t13-/m0/s1. The monoisotopic (exact) mass is 228 g/mol. The van der Waals surface area contributed by atoms with Gasteiger partial charge in [0.2, 0.25) is 0 Å². The number of likely N-dealkylation sites (N-methyl/N-ethyl adjacent to an activating group) is 1. The first kappa shape index (κ1) is 13.9. The summed E-state index contributed by atoms with van der Waals surface area (Å²) in [7, 11) is 0. The molecule has 3 heteroatoms. The van der Waals surface area contributed by atoms with Gasteiger partial charge in [-0.25, -0.2) is 0 Å². The molecule has 1 heterocycles. The molecule has 96 valence electrons. The molecule has 0 radical (unpaired) electrons. The summed E-state index contributed by atoms with van der Waals surface area (Å²) in [4.78, 5) is 2.55. The van der Waals surface area contributed by atoms with E-state index in [0.29, 0.717) is 6.10 Å². The molecule has 0 aromatic rings. The van der Waals surface area contributed by atoms with E-state index in [1.807, 2.05) is 0 Å². The van der Waals surface area contributed by atoms with E-state index in [2.05, 4.69) is 31.0 Å². The minimum atomic E-state index is 0.396. The molecule has 1 rings (SSSR count). The van der Waals surface area contributed by atoms with Gasteiger partial charge in [-0.3, -0.25) is 4.90 Å². The summed E-state index contributed by atoms with van der Waals surface area (Å²) >= 11 is 0. The van der Waals surface area contributed by atoms with Gasteiger partial charge in [0, 0.05) is 19.6 Å². The summed E-state index contributed by atoms with van der Waals surface area (Å²) in [6, 6.07) is 0. The molecule has 1 saturated heterocycles. The molecule has 3 nitrogen and oxygen atoms in total. The Labute approximate surface area is 101 Å². The maximum Gasteiger partial charge on any atom is 0.0826 e. The van der Waals surface area contributed by atoms with Crippen LogP contribution < -0.4 is 5.32 Å². The van der Waals surface area contributed by atoms with Crippen LogP contribution in [0.3, 0.4) is 0 Å². The highest BCUT2D eigenvalue weighted by molar-refractivity contribution is 4.73. The highest BCUT2D eigenvalue weighted by Gasteiger charge is 2.19. The van der Waals surface area contributed by atoms with Crippen molar-refractivity contribution in [3.63, 3.8) is 0 Å². The van der Waals surface area contributed by atoms with Gasteiger partial charge in [-0.15, -0.1) is 0 Å². The van der Waals surface area contributed by atoms with Crippen molar-refractivity contribution in [3.05, 3.63) is 0 Å². The van der Waals surface area contributed by atoms with E-state index in [1.54, 1.807) is 0 Å². The minimum Gasteiger partial charge on any atom is -0.374 e. The quantitative estimate of drug-likeness (QED) is 0.718. The molecule has 1 atom stereocenters. The first-order valence-electron chi connectivity index (χ1n) is 6.77. The van der Waals surface area contributed by atoms with Gasteiger partial charge in [-0.05, 0) is 31.8 Å². The maximum atomic E-state index is 5.73. The molecular weight excluding hydrogens is 200 g/mol. The molecule has 0 saturated carbocycles. The van der Waals surface area contributed by atoms with Crippen LogP contribution in [0.2, 0.25) is 0 Å². The van der Waals surface area contributed by atoms with Crippen LogP contribution in [-0.4, -0.2) is 50.3 Å². The average Bonchev–Trinajstić information content (AvgIpc) is 2.26. The predicted molar refractivity (Wildman–Crippen MR) is 68.8 cm³/mol. The van der Waals surface area contributed by atoms with E-state index in [4.69, 9.17) is 4.74 Å². The van der Waals surface area contributed by atoms with Crippen molar-refractivity contribution in [2.75, 3.05) is 39.3 Å². The maximum absolute atomic E-state index is 5.73. The van der Waals surface area contributed by atoms with Crippen LogP contribution in [0, 0.1) is 5.92 Å². The highest BCUT2D eigenvalue weighted by atomic mass is 16.5. The smallest absolute Gasteiger partial charge is 0.0826 e. The zero-order valence-electron chi connectivity index (χ0n) is 11.2. The van der Waals surface area contributed by atoms with Gasteiger partial charge in [0.1, 0.15) is 0 Å². The fourth-order valence-electron chi connectivity index (χ4n) is 2.14. The van der Waals surface area contributed by atoms with Crippen molar-refractivity contribution in [2.45, 2.75) is 39.7 Å². The lowest BCUT2D eigenvalue weighted by Crippen LogP contribution is -2.46. The third kappa shape index (κ3) is 5.83. The Morgan fingerprint density at radius 2 is 2.25 bits per heavy atom. The third-order valence-electron chi connectivity index (χ3n) is 3.10. The largest absolute Gasteiger partial charge is 0.374 e. The summed E-state index contributed by atoms with van der Waals surface area (Å²) in [6.45, 7) is 13.1. The molecule has 1 fully saturated rings. The number of hydrogen-bond donors (Lipinski definition) is 1. The van der Waals surface area contributed by atoms with E-state index >= 15 is 0 Å². The Kier molecular flexibility index (Phi) is 7.01. The van der Waals surface area contributed by atoms with Crippen LogP contribution in [0.25, 0.3) is 0 Å². The van der Waals surface area contributed by atoms with Crippen molar-refractivity contribution >= 4 is 0 Å². The van der Waals surface area contributed by atoms with Crippen LogP contribution in [0.5, 0.6) is 0 Å². The molecule has 0 aliphatic carbocycles. The van der Waals surface area contributed by atoms with E-state index in [0.717, 1.165) is 38.7 Å². The molecule has 16 heavy (non-hydrogen) atoms. The number of hydrogen-bond acceptors (Lipinski definition) is 3. The molecule has 0 unspecified atom stereocenters. The van der Waals surface area contributed by atoms with E-state index in [-0.39, 0.29) is 0 Å². The second-order valence-corrected chi connectivity index (χ2v) is 5.14. The first-order chi connectivity index (χ1) is 7.72. The normalized spacial score (nSPS) is 22.9. The van der Waals surface area contributed by atoms with Crippen LogP contribution in [0.4, 0.5) is 0 Å². The Balaban J connectivity index is 2.12. The van der Waals surface area contributed by atoms with Crippen molar-refractivity contribution in [1.82, 2.24) is 10.2 Å². The van der Waals surface area contributed by atoms with E-state index in [1.165, 1.54) is 19.4 Å². The molecule has 0 spiro atoms. The molecular formula is C13H28N2O. The minimum absolute atomic E-state index is 0.396. The second-order valence-electron chi connectivity index (χ2n) is 5.14. The average molecular weight is 228 g/mol. The molecule has 0 amide bonds. The number of rotatable bonds is 7. The summed E-state index contributed by atoms with van der Waals surface area (Å²) in [6.07, 6.45) is 3.06. The summed E-state index contributed by atoms with van der Waals surface area (Å²) < 4.78 is 5.73. The molecule has 0 aromatic heterocycles. The zero-order chi connectivity index (χ0) is 11.8. The number of morpholine rings is 1. The number of nitrogens with one attached hydrogen (secondary N) is 1. The van der Waals surface area contributed by atoms with Crippen LogP contribution >= 0.6 is 0 Å². The topological polar surface area (TPSA) is 24.5 Å². The highest BCUT2D eigenvalue weighted by Crippen LogP contribution is 2.08. The first-order valence-corrected chi connectivity index (χ1v) is 6.77. The molecule has 1 N–H and O–H groups in total. The second kappa shape index (κ2) is 8.04. The fourth-order valence-corrected chi connectivity index (χ4v) is 2.14. The molecule has 1 aliphatic rings. The van der Waals surface area contributed by atoms with E-state index < -0.39 is 0 Å². The van der Waals surface area contributed by atoms with Gasteiger partial charge in [0.25, 0.3) is 0 Å². The Hall–Kier alpha value is -0.120. The summed E-state index contributed by atoms with van der Waals surface area (Å²) in [5.41, 5.74) is 0. The summed E-state index contributed by atoms with van der Waals surface area (Å²) in [5.74, 6) is 0.832. The van der Waals surface area contributed by atoms with Crippen molar-refractivity contribution < 1.29 is 4.74 Å². The van der Waals surface area contributed by atoms with Gasteiger partial charge in [-0.2, -0.15) is 0 Å². The third-order valence-corrected chi connectivity index (χ3v) is 3.10. The van der Waals surface area contributed by atoms with Gasteiger partial charge >= 0.3 is 0 Å². The molecule has 0 bridgehead atoms. The van der Waals surface area contributed by atoms with Gasteiger partial charge in [0.15, 0.2) is 0 Å². The van der Waals surface area contributed by atoms with E-state index in [9.17, 15) is 0 Å². The van der Waals surface area contributed by atoms with Crippen molar-refractivity contribution in [2.24, 2.45) is 5.92 Å². The van der Waals surface area contributed by atoms with Crippen molar-refractivity contribution in [3.8, 4) is 0 Å². The lowest BCUT2D eigenvalue weighted by molar-refractivity contribution is -0.0273. The van der Waals surface area contributed by atoms with Gasteiger partial charge < -0.3 is 10.1 Å². The van der Waals surface area contributed by atoms with Crippen molar-refractivity contribution in [1.29, 1.82) is 0 Å². The van der Waals surface area contributed by atoms with Crippen LogP contribution in [0.1, 0.15) is 33.6 Å². The Bertz CT molecular complexity index is 173. The lowest BCUT2D eigenvalue weighted by atomic mass is 10.1. The summed E-state index contributed by atoms with van der Waals surface area (Å²) in [5, 5.41) is 3.36. The number of ether oxygens (including phenoxy) is 1. The van der Waals surface area contributed by atoms with Crippen LogP contribution in [-0.2, 0) is 4.74 Å².